The fourth-order valence-corrected chi connectivity index (χ4v) is 3.59. The summed E-state index contributed by atoms with van der Waals surface area (Å²) in [5, 5.41) is 5.55. The maximum Gasteiger partial charge on any atom is 0.319 e. The van der Waals surface area contributed by atoms with E-state index in [4.69, 9.17) is 4.98 Å². The maximum atomic E-state index is 13.5. The van der Waals surface area contributed by atoms with Gasteiger partial charge < -0.3 is 10.6 Å². The first-order chi connectivity index (χ1) is 17.0. The Labute approximate surface area is 202 Å². The summed E-state index contributed by atoms with van der Waals surface area (Å²) in [6.07, 6.45) is 1.49. The normalized spacial score (nSPS) is 10.8. The van der Waals surface area contributed by atoms with Gasteiger partial charge in [-0.25, -0.2) is 28.5 Å². The molecule has 2 amide bonds. The number of nitrogens with zero attached hydrogens (tertiary/aromatic N) is 3. The van der Waals surface area contributed by atoms with E-state index in [2.05, 4.69) is 20.6 Å². The molecular formula is C27H23F2N5O. The van der Waals surface area contributed by atoms with E-state index >= 15 is 0 Å². The van der Waals surface area contributed by atoms with Gasteiger partial charge in [0.25, 0.3) is 0 Å². The van der Waals surface area contributed by atoms with Gasteiger partial charge in [-0.2, -0.15) is 0 Å². The smallest absolute Gasteiger partial charge is 0.319 e. The van der Waals surface area contributed by atoms with E-state index in [0.717, 1.165) is 5.56 Å². The average molecular weight is 472 g/mol. The maximum absolute atomic E-state index is 13.5. The van der Waals surface area contributed by atoms with Crippen LogP contribution in [0.4, 0.5) is 19.3 Å². The number of pyridine rings is 1. The number of nitrogens with one attached hydrogen (secondary N) is 2. The Bertz CT molecular complexity index is 1500. The number of carbonyl (C=O) groups is 1. The van der Waals surface area contributed by atoms with Crippen molar-refractivity contribution in [2.75, 3.05) is 5.32 Å². The number of hydrogen-bond donors (Lipinski definition) is 2. The highest BCUT2D eigenvalue weighted by Gasteiger charge is 2.15. The van der Waals surface area contributed by atoms with Crippen LogP contribution in [0.25, 0.3) is 33.7 Å². The molecule has 0 bridgehead atoms. The van der Waals surface area contributed by atoms with E-state index in [9.17, 15) is 13.6 Å². The molecule has 0 aliphatic carbocycles. The van der Waals surface area contributed by atoms with Gasteiger partial charge in [-0.1, -0.05) is 30.3 Å². The Hall–Kier alpha value is -4.72. The number of fused-ring (bicyclic) bond motifs is 1. The number of rotatable bonds is 5. The molecule has 5 rings (SSSR count). The van der Waals surface area contributed by atoms with Crippen molar-refractivity contribution in [3.05, 3.63) is 108 Å². The third-order valence-electron chi connectivity index (χ3n) is 5.31. The number of benzene rings is 3. The molecule has 0 aliphatic heterocycles. The number of hydrogen-bond acceptors (Lipinski definition) is 4. The van der Waals surface area contributed by atoms with Crippen LogP contribution in [0.1, 0.15) is 8.42 Å². The minimum absolute atomic E-state index is 0. The largest absolute Gasteiger partial charge is 0.334 e. The molecule has 176 valence electrons. The van der Waals surface area contributed by atoms with E-state index in [-0.39, 0.29) is 20.5 Å². The lowest BCUT2D eigenvalue weighted by Crippen LogP contribution is -2.28. The molecule has 6 nitrogen and oxygen atoms in total. The molecule has 3 aromatic carbocycles. The summed E-state index contributed by atoms with van der Waals surface area (Å²) in [7, 11) is 0. The Morgan fingerprint density at radius 1 is 0.800 bits per heavy atom. The van der Waals surface area contributed by atoms with E-state index in [1.54, 1.807) is 30.3 Å². The van der Waals surface area contributed by atoms with E-state index in [0.29, 0.717) is 45.9 Å². The van der Waals surface area contributed by atoms with Crippen molar-refractivity contribution in [1.29, 1.82) is 0 Å². The zero-order chi connectivity index (χ0) is 24.2. The van der Waals surface area contributed by atoms with E-state index in [1.807, 2.05) is 30.3 Å². The molecule has 2 heterocycles. The Balaban J connectivity index is 0.00000190. The lowest BCUT2D eigenvalue weighted by molar-refractivity contribution is 0.251. The first kappa shape index (κ1) is 22.1. The molecule has 2 aromatic heterocycles. The van der Waals surface area contributed by atoms with E-state index < -0.39 is 0 Å². The minimum Gasteiger partial charge on any atom is -0.334 e. The van der Waals surface area contributed by atoms with Crippen molar-refractivity contribution in [2.45, 2.75) is 6.54 Å². The van der Waals surface area contributed by atoms with Crippen LogP contribution in [0.3, 0.4) is 0 Å². The molecule has 0 spiro atoms. The second-order valence-corrected chi connectivity index (χ2v) is 7.79. The van der Waals surface area contributed by atoms with Crippen LogP contribution in [-0.4, -0.2) is 21.0 Å². The van der Waals surface area contributed by atoms with Crippen LogP contribution >= 0.6 is 0 Å². The zero-order valence-electron chi connectivity index (χ0n) is 18.4. The van der Waals surface area contributed by atoms with Crippen molar-refractivity contribution in [1.82, 2.24) is 20.3 Å². The molecule has 0 atom stereocenters. The standard InChI is InChI=1S/C27H19F2N5O.2H2/c28-20-10-6-18(7-11-20)24-25(19-8-12-21(29)13-9-19)34-26-23(33-24)14-22(16-30-26)32-27(35)31-15-17-4-2-1-3-5-17;;/h1-14,16H,15H2,(H2,31,32,35);2*1H. The van der Waals surface area contributed by atoms with Gasteiger partial charge in [-0.3, -0.25) is 0 Å². The predicted molar refractivity (Wildman–Crippen MR) is 135 cm³/mol. The molecule has 5 aromatic rings. The SMILES string of the molecule is O=C(NCc1ccccc1)Nc1cnc2nc(-c3ccc(F)cc3)c(-c3ccc(F)cc3)nc2c1.[HH].[HH]. The molecule has 0 fully saturated rings. The highest BCUT2D eigenvalue weighted by Crippen LogP contribution is 2.31. The Morgan fingerprint density at radius 3 is 2.03 bits per heavy atom. The van der Waals surface area contributed by atoms with Crippen LogP contribution in [0, 0.1) is 11.6 Å². The number of amides is 2. The summed E-state index contributed by atoms with van der Waals surface area (Å²) < 4.78 is 27.0. The summed E-state index contributed by atoms with van der Waals surface area (Å²) in [5.41, 5.74) is 4.46. The van der Waals surface area contributed by atoms with Gasteiger partial charge in [0.2, 0.25) is 0 Å². The minimum atomic E-state index is -0.385. The first-order valence-electron chi connectivity index (χ1n) is 10.8. The van der Waals surface area contributed by atoms with Gasteiger partial charge in [0.1, 0.15) is 17.2 Å². The van der Waals surface area contributed by atoms with Gasteiger partial charge in [0.05, 0.1) is 23.3 Å². The third-order valence-corrected chi connectivity index (χ3v) is 5.31. The predicted octanol–water partition coefficient (Wildman–Crippen LogP) is 6.45. The summed E-state index contributed by atoms with van der Waals surface area (Å²) >= 11 is 0. The third kappa shape index (κ3) is 5.11. The molecule has 0 radical (unpaired) electrons. The fourth-order valence-electron chi connectivity index (χ4n) is 3.59. The molecule has 0 saturated carbocycles. The quantitative estimate of drug-likeness (QED) is 0.309. The van der Waals surface area contributed by atoms with Crippen molar-refractivity contribution >= 4 is 22.9 Å². The lowest BCUT2D eigenvalue weighted by atomic mass is 10.0. The highest BCUT2D eigenvalue weighted by atomic mass is 19.1. The van der Waals surface area contributed by atoms with Crippen LogP contribution in [-0.2, 0) is 6.54 Å². The molecule has 0 unspecified atom stereocenters. The Kier molecular flexibility index (Phi) is 6.09. The van der Waals surface area contributed by atoms with Crippen molar-refractivity contribution < 1.29 is 16.4 Å². The monoisotopic (exact) mass is 471 g/mol. The van der Waals surface area contributed by atoms with Crippen LogP contribution in [0.15, 0.2) is 91.1 Å². The average Bonchev–Trinajstić information content (AvgIpc) is 2.88. The summed E-state index contributed by atoms with van der Waals surface area (Å²) in [4.78, 5) is 26.1. The fraction of sp³-hybridized carbons (Fsp3) is 0.0370. The molecule has 8 heteroatoms. The topological polar surface area (TPSA) is 79.8 Å². The van der Waals surface area contributed by atoms with E-state index in [1.165, 1.54) is 30.5 Å². The molecule has 2 N–H and O–H groups in total. The number of urea groups is 1. The number of anilines is 1. The number of halogens is 2. The zero-order valence-corrected chi connectivity index (χ0v) is 18.4. The van der Waals surface area contributed by atoms with Crippen molar-refractivity contribution in [2.24, 2.45) is 0 Å². The van der Waals surface area contributed by atoms with Gasteiger partial charge in [-0.15, -0.1) is 0 Å². The Morgan fingerprint density at radius 2 is 1.40 bits per heavy atom. The number of aromatic nitrogens is 3. The second kappa shape index (κ2) is 9.64. The van der Waals surface area contributed by atoms with Gasteiger partial charge in [0, 0.05) is 20.5 Å². The van der Waals surface area contributed by atoms with Crippen LogP contribution in [0.2, 0.25) is 0 Å². The van der Waals surface area contributed by atoms with Crippen molar-refractivity contribution in [3.63, 3.8) is 0 Å². The molecule has 0 aliphatic rings. The van der Waals surface area contributed by atoms with Crippen molar-refractivity contribution in [3.8, 4) is 22.5 Å². The summed E-state index contributed by atoms with van der Waals surface area (Å²) in [6.45, 7) is 0.378. The first-order valence-corrected chi connectivity index (χ1v) is 10.8. The highest BCUT2D eigenvalue weighted by molar-refractivity contribution is 5.92. The van der Waals surface area contributed by atoms with Crippen LogP contribution in [0.5, 0.6) is 0 Å². The van der Waals surface area contributed by atoms with Gasteiger partial charge in [0.15, 0.2) is 5.65 Å². The molecule has 35 heavy (non-hydrogen) atoms. The lowest BCUT2D eigenvalue weighted by Gasteiger charge is -2.12. The number of carbonyl (C=O) groups excluding carboxylic acids is 1. The second-order valence-electron chi connectivity index (χ2n) is 7.79. The molecular weight excluding hydrogens is 448 g/mol. The molecule has 0 saturated heterocycles. The van der Waals surface area contributed by atoms with Gasteiger partial charge >= 0.3 is 6.03 Å². The van der Waals surface area contributed by atoms with Crippen LogP contribution < -0.4 is 10.6 Å². The van der Waals surface area contributed by atoms with Gasteiger partial charge in [-0.05, 0) is 60.2 Å². The summed E-state index contributed by atoms with van der Waals surface area (Å²) in [6, 6.07) is 22.6. The summed E-state index contributed by atoms with van der Waals surface area (Å²) in [5.74, 6) is -0.745.